The first-order chi connectivity index (χ1) is 13.2. The van der Waals surface area contributed by atoms with Crippen molar-refractivity contribution < 1.29 is 4.74 Å². The normalized spacial score (nSPS) is 19.5. The third-order valence-electron chi connectivity index (χ3n) is 5.17. The van der Waals surface area contributed by atoms with Gasteiger partial charge in [-0.2, -0.15) is 0 Å². The van der Waals surface area contributed by atoms with Crippen LogP contribution < -0.4 is 5.32 Å². The Morgan fingerprint density at radius 3 is 2.96 bits per heavy atom. The van der Waals surface area contributed by atoms with Crippen molar-refractivity contribution in [2.45, 2.75) is 31.9 Å². The van der Waals surface area contributed by atoms with Crippen molar-refractivity contribution in [1.82, 2.24) is 29.6 Å². The fourth-order valence-electron chi connectivity index (χ4n) is 3.65. The van der Waals surface area contributed by atoms with Crippen LogP contribution in [0.15, 0.2) is 36.7 Å². The van der Waals surface area contributed by atoms with E-state index in [2.05, 4.69) is 43.9 Å². The lowest BCUT2D eigenvalue weighted by Crippen LogP contribution is -2.41. The van der Waals surface area contributed by atoms with Gasteiger partial charge in [0.1, 0.15) is 5.52 Å². The third-order valence-corrected chi connectivity index (χ3v) is 5.17. The summed E-state index contributed by atoms with van der Waals surface area (Å²) in [4.78, 5) is 4.51. The molecular weight excluding hydrogens is 342 g/mol. The van der Waals surface area contributed by atoms with Crippen molar-refractivity contribution >= 4 is 22.5 Å². The fraction of sp³-hybridized carbons (Fsp3) is 0.368. The minimum absolute atomic E-state index is 0.367. The third kappa shape index (κ3) is 2.82. The highest BCUT2D eigenvalue weighted by Gasteiger charge is 2.30. The minimum Gasteiger partial charge on any atom is -0.378 e. The van der Waals surface area contributed by atoms with Crippen LogP contribution in [-0.4, -0.2) is 48.3 Å². The first-order valence-electron chi connectivity index (χ1n) is 9.23. The zero-order valence-electron chi connectivity index (χ0n) is 15.3. The zero-order valence-corrected chi connectivity index (χ0v) is 15.3. The van der Waals surface area contributed by atoms with Crippen molar-refractivity contribution in [1.29, 1.82) is 0 Å². The van der Waals surface area contributed by atoms with Crippen LogP contribution in [0, 0.1) is 0 Å². The van der Waals surface area contributed by atoms with Crippen molar-refractivity contribution in [3.05, 3.63) is 36.7 Å². The maximum Gasteiger partial charge on any atom is 0.241 e. The van der Waals surface area contributed by atoms with Crippen LogP contribution in [-0.2, 0) is 11.8 Å². The van der Waals surface area contributed by atoms with E-state index in [9.17, 15) is 0 Å². The van der Waals surface area contributed by atoms with Gasteiger partial charge in [-0.05, 0) is 43.5 Å². The molecule has 0 saturated heterocycles. The highest BCUT2D eigenvalue weighted by Crippen LogP contribution is 2.29. The van der Waals surface area contributed by atoms with Gasteiger partial charge in [-0.15, -0.1) is 10.2 Å². The lowest BCUT2D eigenvalue weighted by atomic mass is 9.89. The van der Waals surface area contributed by atoms with Crippen LogP contribution in [0.3, 0.4) is 0 Å². The summed E-state index contributed by atoms with van der Waals surface area (Å²) < 4.78 is 9.26. The van der Waals surface area contributed by atoms with Crippen LogP contribution in [0.1, 0.15) is 19.8 Å². The lowest BCUT2D eigenvalue weighted by Gasteiger charge is -2.35. The summed E-state index contributed by atoms with van der Waals surface area (Å²) in [6.07, 6.45) is 6.21. The Labute approximate surface area is 156 Å². The van der Waals surface area contributed by atoms with Crippen LogP contribution >= 0.6 is 0 Å². The van der Waals surface area contributed by atoms with Gasteiger partial charge in [-0.3, -0.25) is 0 Å². The van der Waals surface area contributed by atoms with Crippen molar-refractivity contribution in [3.8, 4) is 11.1 Å². The van der Waals surface area contributed by atoms with Crippen molar-refractivity contribution in [3.63, 3.8) is 0 Å². The van der Waals surface area contributed by atoms with Crippen molar-refractivity contribution in [2.75, 3.05) is 11.9 Å². The molecule has 3 aromatic heterocycles. The van der Waals surface area contributed by atoms with Gasteiger partial charge in [-0.1, -0.05) is 11.3 Å². The highest BCUT2D eigenvalue weighted by molar-refractivity contribution is 5.87. The van der Waals surface area contributed by atoms with Gasteiger partial charge >= 0.3 is 0 Å². The number of hydrogen-bond acceptors (Lipinski definition) is 6. The molecule has 1 aliphatic carbocycles. The van der Waals surface area contributed by atoms with E-state index < -0.39 is 0 Å². The Kier molecular flexibility index (Phi) is 3.78. The molecule has 1 fully saturated rings. The second kappa shape index (κ2) is 6.31. The molecule has 0 amide bonds. The number of anilines is 1. The predicted molar refractivity (Wildman–Crippen MR) is 103 cm³/mol. The van der Waals surface area contributed by atoms with E-state index in [1.54, 1.807) is 4.68 Å². The van der Waals surface area contributed by atoms with E-state index in [1.807, 2.05) is 36.9 Å². The molecule has 1 saturated carbocycles. The summed E-state index contributed by atoms with van der Waals surface area (Å²) in [7, 11) is 1.90. The van der Waals surface area contributed by atoms with Gasteiger partial charge in [0, 0.05) is 31.5 Å². The molecule has 27 heavy (non-hydrogen) atoms. The van der Waals surface area contributed by atoms with Gasteiger partial charge in [0.25, 0.3) is 0 Å². The molecule has 3 heterocycles. The molecule has 1 aliphatic rings. The minimum atomic E-state index is 0.367. The maximum atomic E-state index is 5.60. The maximum absolute atomic E-state index is 5.60. The van der Waals surface area contributed by atoms with Gasteiger partial charge < -0.3 is 10.1 Å². The second-order valence-corrected chi connectivity index (χ2v) is 6.95. The Morgan fingerprint density at radius 1 is 1.22 bits per heavy atom. The summed E-state index contributed by atoms with van der Waals surface area (Å²) in [5.74, 6) is 0.649. The molecule has 1 N–H and O–H groups in total. The van der Waals surface area contributed by atoms with Crippen molar-refractivity contribution in [2.24, 2.45) is 7.05 Å². The summed E-state index contributed by atoms with van der Waals surface area (Å²) in [6.45, 7) is 2.80. The average Bonchev–Trinajstić information content (AvgIpc) is 3.23. The number of aryl methyl sites for hydroxylation is 1. The molecule has 0 radical (unpaired) electrons. The number of fused-ring (bicyclic) bond motifs is 2. The number of nitrogens with one attached hydrogen (secondary N) is 1. The number of benzene rings is 1. The van der Waals surface area contributed by atoms with E-state index in [0.29, 0.717) is 18.1 Å². The second-order valence-electron chi connectivity index (χ2n) is 6.95. The molecule has 8 nitrogen and oxygen atoms in total. The molecule has 138 valence electrons. The van der Waals surface area contributed by atoms with Gasteiger partial charge in [0.05, 0.1) is 23.3 Å². The van der Waals surface area contributed by atoms with E-state index in [1.165, 1.54) is 0 Å². The monoisotopic (exact) mass is 363 g/mol. The van der Waals surface area contributed by atoms with Crippen LogP contribution in [0.4, 0.5) is 5.95 Å². The largest absolute Gasteiger partial charge is 0.378 e. The molecule has 5 rings (SSSR count). The lowest BCUT2D eigenvalue weighted by molar-refractivity contribution is 0.00283. The topological polar surface area (TPSA) is 82.2 Å². The highest BCUT2D eigenvalue weighted by atomic mass is 16.5. The summed E-state index contributed by atoms with van der Waals surface area (Å²) in [5, 5.41) is 16.2. The quantitative estimate of drug-likeness (QED) is 0.587. The Hall–Kier alpha value is -3.00. The molecule has 0 aliphatic heterocycles. The molecule has 0 spiro atoms. The first kappa shape index (κ1) is 16.2. The number of rotatable bonds is 5. The molecule has 0 bridgehead atoms. The molecule has 1 aromatic carbocycles. The number of aromatic nitrogens is 6. The Morgan fingerprint density at radius 2 is 2.11 bits per heavy atom. The average molecular weight is 363 g/mol. The summed E-state index contributed by atoms with van der Waals surface area (Å²) >= 11 is 0. The molecule has 4 aromatic rings. The van der Waals surface area contributed by atoms with E-state index in [0.717, 1.165) is 47.1 Å². The molecular formula is C19H21N7O. The van der Waals surface area contributed by atoms with Crippen LogP contribution in [0.25, 0.3) is 27.7 Å². The SMILES string of the molecule is CCO[C@H]1C[C@H](Nc2ncc3c(-c4ccc5nnn(C)c5c4)ccn3n2)C1. The summed E-state index contributed by atoms with van der Waals surface area (Å²) in [6, 6.07) is 8.59. The van der Waals surface area contributed by atoms with Gasteiger partial charge in [0.15, 0.2) is 0 Å². The fourth-order valence-corrected chi connectivity index (χ4v) is 3.65. The van der Waals surface area contributed by atoms with E-state index >= 15 is 0 Å². The Bertz CT molecular complexity index is 1110. The number of hydrogen-bond donors (Lipinski definition) is 1. The molecule has 8 heteroatoms. The van der Waals surface area contributed by atoms with Gasteiger partial charge in [0.2, 0.25) is 5.95 Å². The first-order valence-corrected chi connectivity index (χ1v) is 9.23. The van der Waals surface area contributed by atoms with Crippen LogP contribution in [0.2, 0.25) is 0 Å². The molecule has 0 unspecified atom stereocenters. The molecule has 0 atom stereocenters. The number of nitrogens with zero attached hydrogens (tertiary/aromatic N) is 6. The summed E-state index contributed by atoms with van der Waals surface area (Å²) in [5.41, 5.74) is 5.04. The Balaban J connectivity index is 1.41. The van der Waals surface area contributed by atoms with Gasteiger partial charge in [-0.25, -0.2) is 14.2 Å². The number of ether oxygens (including phenoxy) is 1. The standard InChI is InChI=1S/C19H21N7O/c1-3-27-14-9-13(10-14)21-19-20-11-18-15(6-7-26(18)23-19)12-4-5-16-17(8-12)25(2)24-22-16/h4-8,11,13-14H,3,9-10H2,1-2H3,(H,21,23)/t13-,14-. The van der Waals surface area contributed by atoms with Crippen LogP contribution in [0.5, 0.6) is 0 Å². The zero-order chi connectivity index (χ0) is 18.4. The van der Waals surface area contributed by atoms with E-state index in [4.69, 9.17) is 4.74 Å². The predicted octanol–water partition coefficient (Wildman–Crippen LogP) is 2.66. The van der Waals surface area contributed by atoms with E-state index in [-0.39, 0.29) is 0 Å². The smallest absolute Gasteiger partial charge is 0.241 e.